The molecule has 7 heteroatoms. The Hall–Kier alpha value is -2.86. The molecule has 2 aliphatic heterocycles. The summed E-state index contributed by atoms with van der Waals surface area (Å²) in [5.41, 5.74) is 4.20. The first-order valence-electron chi connectivity index (χ1n) is 9.26. The lowest BCUT2D eigenvalue weighted by Gasteiger charge is -2.26. The summed E-state index contributed by atoms with van der Waals surface area (Å²) in [5.74, 6) is -1.63. The molecule has 2 heterocycles. The number of carbonyl (C=O) groups excluding carboxylic acids is 3. The van der Waals surface area contributed by atoms with Gasteiger partial charge in [0, 0.05) is 23.8 Å². The maximum absolute atomic E-state index is 12.4. The average Bonchev–Trinajstić information content (AvgIpc) is 2.93. The van der Waals surface area contributed by atoms with Crippen molar-refractivity contribution in [3.05, 3.63) is 58.1 Å². The van der Waals surface area contributed by atoms with Gasteiger partial charge in [-0.15, -0.1) is 0 Å². The first kappa shape index (κ1) is 18.5. The lowest BCUT2D eigenvalue weighted by Crippen LogP contribution is -2.35. The van der Waals surface area contributed by atoms with E-state index in [9.17, 15) is 14.4 Å². The van der Waals surface area contributed by atoms with Crippen LogP contribution in [0.1, 0.15) is 36.0 Å². The number of rotatable bonds is 3. The molecule has 0 unspecified atom stereocenters. The molecule has 3 amide bonds. The normalized spacial score (nSPS) is 17.3. The highest BCUT2D eigenvalue weighted by atomic mass is 35.5. The van der Waals surface area contributed by atoms with Crippen molar-refractivity contribution in [2.45, 2.75) is 32.2 Å². The molecule has 0 bridgehead atoms. The number of amides is 3. The van der Waals surface area contributed by atoms with E-state index in [2.05, 4.69) is 10.6 Å². The van der Waals surface area contributed by atoms with Crippen molar-refractivity contribution in [1.82, 2.24) is 5.32 Å². The minimum atomic E-state index is -0.746. The molecule has 4 rings (SSSR count). The van der Waals surface area contributed by atoms with Crippen LogP contribution in [0, 0.1) is 0 Å². The largest absolute Gasteiger partial charge is 0.344 e. The monoisotopic (exact) mass is 397 g/mol. The molecule has 2 N–H and O–H groups in total. The summed E-state index contributed by atoms with van der Waals surface area (Å²) >= 11 is 6.06. The average molecular weight is 398 g/mol. The van der Waals surface area contributed by atoms with Crippen LogP contribution in [0.25, 0.3) is 0 Å². The van der Waals surface area contributed by atoms with Gasteiger partial charge in [-0.2, -0.15) is 0 Å². The standard InChI is InChI=1S/C21H20ClN3O3/c1-12-16-10-15(9-13-6-4-8-25(18(13)16)21(12)28)24-20(27)19(26)23-11-14-5-2-3-7-17(14)22/h2-3,5,7,9-10,12H,4,6,8,11H2,1H3,(H,23,26)(H,24,27)/t12-/m1/s1. The van der Waals surface area contributed by atoms with Crippen molar-refractivity contribution in [2.24, 2.45) is 0 Å². The van der Waals surface area contributed by atoms with Gasteiger partial charge >= 0.3 is 11.8 Å². The van der Waals surface area contributed by atoms with E-state index in [0.29, 0.717) is 10.7 Å². The minimum absolute atomic E-state index is 0.0944. The van der Waals surface area contributed by atoms with Gasteiger partial charge in [0.2, 0.25) is 5.91 Å². The number of nitrogens with one attached hydrogen (secondary N) is 2. The summed E-state index contributed by atoms with van der Waals surface area (Å²) in [6.07, 6.45) is 1.74. The molecule has 0 saturated heterocycles. The van der Waals surface area contributed by atoms with Crippen molar-refractivity contribution in [3.8, 4) is 0 Å². The zero-order valence-electron chi connectivity index (χ0n) is 15.4. The summed E-state index contributed by atoms with van der Waals surface area (Å²) in [6, 6.07) is 10.8. The smallest absolute Gasteiger partial charge is 0.313 e. The zero-order chi connectivity index (χ0) is 19.8. The quantitative estimate of drug-likeness (QED) is 0.781. The second kappa shape index (κ2) is 7.28. The molecular weight excluding hydrogens is 378 g/mol. The van der Waals surface area contributed by atoms with E-state index in [1.807, 2.05) is 24.0 Å². The topological polar surface area (TPSA) is 78.5 Å². The number of hydrogen-bond acceptors (Lipinski definition) is 3. The molecule has 2 aliphatic rings. The molecular formula is C21H20ClN3O3. The summed E-state index contributed by atoms with van der Waals surface area (Å²) in [6.45, 7) is 2.78. The molecule has 0 fully saturated rings. The van der Waals surface area contributed by atoms with Crippen LogP contribution >= 0.6 is 11.6 Å². The van der Waals surface area contributed by atoms with E-state index in [4.69, 9.17) is 11.6 Å². The number of hydrogen-bond donors (Lipinski definition) is 2. The molecule has 144 valence electrons. The lowest BCUT2D eigenvalue weighted by atomic mass is 9.96. The predicted molar refractivity (Wildman–Crippen MR) is 107 cm³/mol. The van der Waals surface area contributed by atoms with E-state index in [1.165, 1.54) is 0 Å². The maximum atomic E-state index is 12.4. The molecule has 2 aromatic rings. The highest BCUT2D eigenvalue weighted by molar-refractivity contribution is 6.39. The fraction of sp³-hybridized carbons (Fsp3) is 0.286. The summed E-state index contributed by atoms with van der Waals surface area (Å²) in [4.78, 5) is 38.7. The van der Waals surface area contributed by atoms with Gasteiger partial charge in [-0.1, -0.05) is 29.8 Å². The maximum Gasteiger partial charge on any atom is 0.313 e. The number of nitrogens with zero attached hydrogens (tertiary/aromatic N) is 1. The zero-order valence-corrected chi connectivity index (χ0v) is 16.2. The SMILES string of the molecule is C[C@H]1C(=O)N2CCCc3cc(NC(=O)C(=O)NCc4ccccc4Cl)cc1c32. The second-order valence-corrected chi connectivity index (χ2v) is 7.52. The van der Waals surface area contributed by atoms with Crippen LogP contribution in [0.5, 0.6) is 0 Å². The Morgan fingerprint density at radius 1 is 1.21 bits per heavy atom. The Morgan fingerprint density at radius 2 is 2.00 bits per heavy atom. The number of aryl methyl sites for hydroxylation is 1. The molecule has 0 saturated carbocycles. The second-order valence-electron chi connectivity index (χ2n) is 7.12. The molecule has 28 heavy (non-hydrogen) atoms. The summed E-state index contributed by atoms with van der Waals surface area (Å²) in [5, 5.41) is 5.77. The van der Waals surface area contributed by atoms with Crippen molar-refractivity contribution in [2.75, 3.05) is 16.8 Å². The van der Waals surface area contributed by atoms with Crippen LogP contribution in [-0.2, 0) is 27.3 Å². The first-order chi connectivity index (χ1) is 13.5. The number of anilines is 2. The van der Waals surface area contributed by atoms with Crippen molar-refractivity contribution in [3.63, 3.8) is 0 Å². The van der Waals surface area contributed by atoms with Gasteiger partial charge in [0.05, 0.1) is 11.6 Å². The molecule has 6 nitrogen and oxygen atoms in total. The minimum Gasteiger partial charge on any atom is -0.344 e. The predicted octanol–water partition coefficient (Wildman–Crippen LogP) is 2.99. The Morgan fingerprint density at radius 3 is 2.79 bits per heavy atom. The van der Waals surface area contributed by atoms with Crippen LogP contribution in [0.15, 0.2) is 36.4 Å². The van der Waals surface area contributed by atoms with Gasteiger partial charge in [-0.05, 0) is 54.7 Å². The van der Waals surface area contributed by atoms with E-state index in [0.717, 1.165) is 41.8 Å². The first-order valence-corrected chi connectivity index (χ1v) is 9.64. The number of carbonyl (C=O) groups is 3. The third-order valence-electron chi connectivity index (χ3n) is 5.28. The van der Waals surface area contributed by atoms with Gasteiger partial charge in [0.1, 0.15) is 0 Å². The Bertz CT molecular complexity index is 989. The Balaban J connectivity index is 1.47. The molecule has 1 atom stereocenters. The van der Waals surface area contributed by atoms with E-state index < -0.39 is 11.8 Å². The van der Waals surface area contributed by atoms with E-state index >= 15 is 0 Å². The number of benzene rings is 2. The fourth-order valence-electron chi connectivity index (χ4n) is 3.85. The lowest BCUT2D eigenvalue weighted by molar-refractivity contribution is -0.136. The van der Waals surface area contributed by atoms with Crippen molar-refractivity contribution < 1.29 is 14.4 Å². The highest BCUT2D eigenvalue weighted by Crippen LogP contribution is 2.44. The molecule has 0 spiro atoms. The van der Waals surface area contributed by atoms with E-state index in [1.54, 1.807) is 24.3 Å². The fourth-order valence-corrected chi connectivity index (χ4v) is 4.06. The Kier molecular flexibility index (Phi) is 4.81. The van der Waals surface area contributed by atoms with Crippen LogP contribution in [0.3, 0.4) is 0 Å². The van der Waals surface area contributed by atoms with Gasteiger partial charge in [-0.3, -0.25) is 14.4 Å². The van der Waals surface area contributed by atoms with Gasteiger partial charge in [-0.25, -0.2) is 0 Å². The highest BCUT2D eigenvalue weighted by Gasteiger charge is 2.38. The number of halogens is 1. The molecule has 2 aromatic carbocycles. The van der Waals surface area contributed by atoms with Crippen LogP contribution in [0.2, 0.25) is 5.02 Å². The summed E-state index contributed by atoms with van der Waals surface area (Å²) < 4.78 is 0. The van der Waals surface area contributed by atoms with Gasteiger partial charge in [0.25, 0.3) is 0 Å². The third kappa shape index (κ3) is 3.24. The summed E-state index contributed by atoms with van der Waals surface area (Å²) in [7, 11) is 0. The van der Waals surface area contributed by atoms with Crippen LogP contribution < -0.4 is 15.5 Å². The Labute approximate surface area is 167 Å². The molecule has 0 aromatic heterocycles. The molecule has 0 radical (unpaired) electrons. The van der Waals surface area contributed by atoms with Crippen molar-refractivity contribution >= 4 is 40.7 Å². The van der Waals surface area contributed by atoms with E-state index in [-0.39, 0.29) is 18.4 Å². The van der Waals surface area contributed by atoms with Crippen molar-refractivity contribution in [1.29, 1.82) is 0 Å². The van der Waals surface area contributed by atoms with Crippen LogP contribution in [0.4, 0.5) is 11.4 Å². The van der Waals surface area contributed by atoms with Crippen LogP contribution in [-0.4, -0.2) is 24.3 Å². The third-order valence-corrected chi connectivity index (χ3v) is 5.65. The van der Waals surface area contributed by atoms with Gasteiger partial charge < -0.3 is 15.5 Å². The molecule has 0 aliphatic carbocycles. The van der Waals surface area contributed by atoms with Gasteiger partial charge in [0.15, 0.2) is 0 Å².